The third-order valence-electron chi connectivity index (χ3n) is 3.71. The van der Waals surface area contributed by atoms with E-state index in [2.05, 4.69) is 0 Å². The summed E-state index contributed by atoms with van der Waals surface area (Å²) in [6.45, 7) is 3.91. The summed E-state index contributed by atoms with van der Waals surface area (Å²) in [4.78, 5) is 1.55. The van der Waals surface area contributed by atoms with Gasteiger partial charge in [-0.2, -0.15) is 13.2 Å². The summed E-state index contributed by atoms with van der Waals surface area (Å²) in [6.07, 6.45) is -5.81. The van der Waals surface area contributed by atoms with Crippen molar-refractivity contribution in [3.8, 4) is 0 Å². The second-order valence-electron chi connectivity index (χ2n) is 5.50. The standard InChI is InChI=1S/C12H22F3NO3S/c1-9(2)20(18,19)8-4-7-16-6-3-5-10(16)11(17)12(13,14)15/h9-11,17H,3-8H2,1-2H3/t10-,11-/m1/s1. The van der Waals surface area contributed by atoms with Gasteiger partial charge in [-0.1, -0.05) is 0 Å². The molecule has 0 saturated carbocycles. The topological polar surface area (TPSA) is 57.6 Å². The van der Waals surface area contributed by atoms with E-state index in [9.17, 15) is 26.7 Å². The van der Waals surface area contributed by atoms with Gasteiger partial charge < -0.3 is 5.11 Å². The minimum Gasteiger partial charge on any atom is -0.382 e. The molecule has 8 heteroatoms. The van der Waals surface area contributed by atoms with Crippen molar-refractivity contribution in [3.05, 3.63) is 0 Å². The molecule has 0 aliphatic carbocycles. The van der Waals surface area contributed by atoms with Gasteiger partial charge in [0.2, 0.25) is 0 Å². The average Bonchev–Trinajstić information content (AvgIpc) is 2.74. The third-order valence-corrected chi connectivity index (χ3v) is 6.00. The first-order valence-electron chi connectivity index (χ1n) is 6.76. The van der Waals surface area contributed by atoms with Gasteiger partial charge in [0, 0.05) is 6.04 Å². The number of nitrogens with zero attached hydrogens (tertiary/aromatic N) is 1. The molecule has 0 aromatic carbocycles. The molecular weight excluding hydrogens is 295 g/mol. The first-order chi connectivity index (χ1) is 9.05. The van der Waals surface area contributed by atoms with Crippen LogP contribution in [-0.4, -0.2) is 60.8 Å². The molecule has 0 spiro atoms. The van der Waals surface area contributed by atoms with Crippen LogP contribution in [-0.2, 0) is 9.84 Å². The van der Waals surface area contributed by atoms with Crippen LogP contribution in [0.2, 0.25) is 0 Å². The van der Waals surface area contributed by atoms with E-state index in [0.29, 0.717) is 19.4 Å². The Bertz CT molecular complexity index is 409. The number of aliphatic hydroxyl groups is 1. The second-order valence-corrected chi connectivity index (χ2v) is 8.18. The first-order valence-corrected chi connectivity index (χ1v) is 8.47. The molecule has 120 valence electrons. The fraction of sp³-hybridized carbons (Fsp3) is 1.00. The molecule has 20 heavy (non-hydrogen) atoms. The molecule has 0 unspecified atom stereocenters. The van der Waals surface area contributed by atoms with Gasteiger partial charge in [0.1, 0.15) is 0 Å². The van der Waals surface area contributed by atoms with Gasteiger partial charge >= 0.3 is 6.18 Å². The fourth-order valence-electron chi connectivity index (χ4n) is 2.41. The Hall–Kier alpha value is -0.340. The maximum absolute atomic E-state index is 12.5. The van der Waals surface area contributed by atoms with Crippen molar-refractivity contribution in [2.24, 2.45) is 0 Å². The maximum atomic E-state index is 12.5. The quantitative estimate of drug-likeness (QED) is 0.808. The predicted octanol–water partition coefficient (Wildman–Crippen LogP) is 1.59. The van der Waals surface area contributed by atoms with E-state index in [-0.39, 0.29) is 18.7 Å². The number of sulfone groups is 1. The van der Waals surface area contributed by atoms with Gasteiger partial charge in [-0.05, 0) is 46.2 Å². The Morgan fingerprint density at radius 3 is 2.45 bits per heavy atom. The molecule has 1 aliphatic heterocycles. The van der Waals surface area contributed by atoms with E-state index in [1.807, 2.05) is 0 Å². The van der Waals surface area contributed by atoms with Crippen LogP contribution < -0.4 is 0 Å². The lowest BCUT2D eigenvalue weighted by Gasteiger charge is -2.29. The minimum absolute atomic E-state index is 0.0317. The SMILES string of the molecule is CC(C)S(=O)(=O)CCCN1CCC[C@@H]1[C@@H](O)C(F)(F)F. The zero-order valence-electron chi connectivity index (χ0n) is 11.7. The summed E-state index contributed by atoms with van der Waals surface area (Å²) in [7, 11) is -3.17. The summed E-state index contributed by atoms with van der Waals surface area (Å²) in [5, 5.41) is 8.84. The normalized spacial score (nSPS) is 23.4. The molecule has 1 N–H and O–H groups in total. The first kappa shape index (κ1) is 17.7. The van der Waals surface area contributed by atoms with E-state index in [0.717, 1.165) is 0 Å². The van der Waals surface area contributed by atoms with Crippen molar-refractivity contribution in [3.63, 3.8) is 0 Å². The van der Waals surface area contributed by atoms with Gasteiger partial charge in [0.05, 0.1) is 11.0 Å². The molecule has 0 aromatic heterocycles. The zero-order chi connectivity index (χ0) is 15.6. The zero-order valence-corrected chi connectivity index (χ0v) is 12.5. The Morgan fingerprint density at radius 2 is 1.95 bits per heavy atom. The number of hydrogen-bond donors (Lipinski definition) is 1. The summed E-state index contributed by atoms with van der Waals surface area (Å²) in [6, 6.07) is -0.947. The van der Waals surface area contributed by atoms with Crippen LogP contribution in [0, 0.1) is 0 Å². The number of halogens is 3. The lowest BCUT2D eigenvalue weighted by atomic mass is 10.1. The molecule has 1 saturated heterocycles. The highest BCUT2D eigenvalue weighted by atomic mass is 32.2. The monoisotopic (exact) mass is 317 g/mol. The summed E-state index contributed by atoms with van der Waals surface area (Å²) in [5.74, 6) is -0.0317. The molecule has 0 aromatic rings. The summed E-state index contributed by atoms with van der Waals surface area (Å²) >= 11 is 0. The minimum atomic E-state index is -4.63. The highest BCUT2D eigenvalue weighted by Crippen LogP contribution is 2.30. The molecule has 0 bridgehead atoms. The molecule has 4 nitrogen and oxygen atoms in total. The molecule has 1 heterocycles. The van der Waals surface area contributed by atoms with Crippen LogP contribution >= 0.6 is 0 Å². The number of likely N-dealkylation sites (tertiary alicyclic amines) is 1. The number of aliphatic hydroxyl groups excluding tert-OH is 1. The van der Waals surface area contributed by atoms with Gasteiger partial charge in [0.15, 0.2) is 15.9 Å². The van der Waals surface area contributed by atoms with E-state index >= 15 is 0 Å². The Balaban J connectivity index is 2.51. The Labute approximate surface area is 117 Å². The van der Waals surface area contributed by atoms with Crippen molar-refractivity contribution in [1.29, 1.82) is 0 Å². The van der Waals surface area contributed by atoms with Crippen LogP contribution in [0.3, 0.4) is 0 Å². The Morgan fingerprint density at radius 1 is 1.35 bits per heavy atom. The molecule has 1 aliphatic rings. The average molecular weight is 317 g/mol. The van der Waals surface area contributed by atoms with Crippen LogP contribution in [0.25, 0.3) is 0 Å². The summed E-state index contributed by atoms with van der Waals surface area (Å²) in [5.41, 5.74) is 0. The summed E-state index contributed by atoms with van der Waals surface area (Å²) < 4.78 is 60.8. The lowest BCUT2D eigenvalue weighted by molar-refractivity contribution is -0.219. The van der Waals surface area contributed by atoms with Crippen LogP contribution in [0.5, 0.6) is 0 Å². The van der Waals surface area contributed by atoms with E-state index in [1.165, 1.54) is 0 Å². The van der Waals surface area contributed by atoms with Gasteiger partial charge in [0.25, 0.3) is 0 Å². The van der Waals surface area contributed by atoms with Gasteiger partial charge in [-0.3, -0.25) is 4.90 Å². The number of alkyl halides is 3. The van der Waals surface area contributed by atoms with Gasteiger partial charge in [-0.25, -0.2) is 8.42 Å². The number of hydrogen-bond acceptors (Lipinski definition) is 4. The van der Waals surface area contributed by atoms with E-state index in [4.69, 9.17) is 0 Å². The maximum Gasteiger partial charge on any atom is 0.415 e. The molecule has 2 atom stereocenters. The fourth-order valence-corrected chi connectivity index (χ4v) is 3.41. The third kappa shape index (κ3) is 4.60. The highest BCUT2D eigenvalue weighted by Gasteiger charge is 2.46. The molecule has 1 fully saturated rings. The molecular formula is C12H22F3NO3S. The molecule has 0 radical (unpaired) electrons. The van der Waals surface area contributed by atoms with E-state index in [1.54, 1.807) is 18.7 Å². The molecule has 1 rings (SSSR count). The lowest BCUT2D eigenvalue weighted by Crippen LogP contribution is -2.47. The molecule has 0 amide bonds. The van der Waals surface area contributed by atoms with Crippen molar-refractivity contribution in [2.45, 2.75) is 56.7 Å². The van der Waals surface area contributed by atoms with Crippen LogP contribution in [0.1, 0.15) is 33.1 Å². The highest BCUT2D eigenvalue weighted by molar-refractivity contribution is 7.91. The van der Waals surface area contributed by atoms with Crippen LogP contribution in [0.15, 0.2) is 0 Å². The van der Waals surface area contributed by atoms with Crippen molar-refractivity contribution in [1.82, 2.24) is 4.90 Å². The number of rotatable bonds is 6. The van der Waals surface area contributed by atoms with E-state index < -0.39 is 33.4 Å². The van der Waals surface area contributed by atoms with Crippen molar-refractivity contribution < 1.29 is 26.7 Å². The van der Waals surface area contributed by atoms with Gasteiger partial charge in [-0.15, -0.1) is 0 Å². The van der Waals surface area contributed by atoms with Crippen molar-refractivity contribution in [2.75, 3.05) is 18.8 Å². The predicted molar refractivity (Wildman–Crippen MR) is 70.2 cm³/mol. The van der Waals surface area contributed by atoms with Crippen LogP contribution in [0.4, 0.5) is 13.2 Å². The largest absolute Gasteiger partial charge is 0.415 e. The smallest absolute Gasteiger partial charge is 0.382 e. The second kappa shape index (κ2) is 6.62. The Kier molecular flexibility index (Phi) is 5.86. The van der Waals surface area contributed by atoms with Crippen molar-refractivity contribution >= 4 is 9.84 Å².